The maximum atomic E-state index is 12.5. The molecule has 0 saturated carbocycles. The van der Waals surface area contributed by atoms with Crippen LogP contribution in [0.5, 0.6) is 0 Å². The number of hydrogen-bond donors (Lipinski definition) is 0. The van der Waals surface area contributed by atoms with Gasteiger partial charge in [-0.05, 0) is 18.1 Å². The molecule has 2 heterocycles. The predicted molar refractivity (Wildman–Crippen MR) is 72.8 cm³/mol. The molecule has 1 amide bonds. The van der Waals surface area contributed by atoms with Crippen LogP contribution in [0, 0.1) is 5.92 Å². The number of carbonyl (C=O) groups is 2. The first kappa shape index (κ1) is 15.8. The number of carbonyl (C=O) groups excluding carboxylic acids is 2. The summed E-state index contributed by atoms with van der Waals surface area (Å²) >= 11 is 1.15. The third kappa shape index (κ3) is 3.96. The molecule has 8 heteroatoms. The van der Waals surface area contributed by atoms with Crippen molar-refractivity contribution in [3.05, 3.63) is 23.9 Å². The van der Waals surface area contributed by atoms with Crippen LogP contribution in [0.25, 0.3) is 0 Å². The number of pyridine rings is 1. The third-order valence-corrected chi connectivity index (χ3v) is 4.12. The molecule has 1 aliphatic heterocycles. The van der Waals surface area contributed by atoms with Gasteiger partial charge in [0.1, 0.15) is 5.82 Å². The van der Waals surface area contributed by atoms with Crippen LogP contribution in [0.2, 0.25) is 0 Å². The second-order valence-corrected chi connectivity index (χ2v) is 5.98. The van der Waals surface area contributed by atoms with E-state index in [1.54, 1.807) is 0 Å². The molecule has 1 fully saturated rings. The summed E-state index contributed by atoms with van der Waals surface area (Å²) in [6.45, 7) is 1.83. The van der Waals surface area contributed by atoms with Gasteiger partial charge in [0.15, 0.2) is 5.12 Å². The Morgan fingerprint density at radius 2 is 2.19 bits per heavy atom. The van der Waals surface area contributed by atoms with Gasteiger partial charge in [0.2, 0.25) is 5.91 Å². The van der Waals surface area contributed by atoms with Gasteiger partial charge in [0.05, 0.1) is 5.56 Å². The number of alkyl halides is 3. The molecule has 1 saturated heterocycles. The Hall–Kier alpha value is -1.57. The molecule has 4 nitrogen and oxygen atoms in total. The summed E-state index contributed by atoms with van der Waals surface area (Å²) in [6.07, 6.45) is -3.44. The van der Waals surface area contributed by atoms with Crippen molar-refractivity contribution < 1.29 is 22.8 Å². The Morgan fingerprint density at radius 3 is 2.71 bits per heavy atom. The van der Waals surface area contributed by atoms with E-state index < -0.39 is 11.7 Å². The molecule has 0 spiro atoms. The van der Waals surface area contributed by atoms with E-state index in [0.717, 1.165) is 24.0 Å². The number of amides is 1. The molecule has 1 aliphatic rings. The van der Waals surface area contributed by atoms with Crippen LogP contribution in [0.1, 0.15) is 18.9 Å². The molecule has 0 bridgehead atoms. The number of hydrogen-bond acceptors (Lipinski definition) is 4. The zero-order valence-electron chi connectivity index (χ0n) is 11.2. The summed E-state index contributed by atoms with van der Waals surface area (Å²) in [5, 5.41) is -0.0199. The van der Waals surface area contributed by atoms with Crippen LogP contribution < -0.4 is 4.90 Å². The first-order valence-electron chi connectivity index (χ1n) is 6.24. The molecule has 1 aromatic heterocycles. The van der Waals surface area contributed by atoms with Crippen molar-refractivity contribution in [1.82, 2.24) is 4.98 Å². The second-order valence-electron chi connectivity index (χ2n) is 4.78. The fourth-order valence-corrected chi connectivity index (χ4v) is 2.76. The highest BCUT2D eigenvalue weighted by molar-refractivity contribution is 8.13. The zero-order valence-corrected chi connectivity index (χ0v) is 12.0. The van der Waals surface area contributed by atoms with E-state index in [-0.39, 0.29) is 29.2 Å². The first-order chi connectivity index (χ1) is 9.77. The lowest BCUT2D eigenvalue weighted by Gasteiger charge is -2.16. The molecule has 2 rings (SSSR count). The SMILES string of the molecule is CC(=O)SCC1CC(=O)N(c2ccc(C(F)(F)F)cn2)C1. The Morgan fingerprint density at radius 1 is 1.48 bits per heavy atom. The van der Waals surface area contributed by atoms with Crippen molar-refractivity contribution >= 4 is 28.6 Å². The van der Waals surface area contributed by atoms with E-state index in [2.05, 4.69) is 4.98 Å². The van der Waals surface area contributed by atoms with E-state index in [0.29, 0.717) is 12.3 Å². The van der Waals surface area contributed by atoms with Crippen LogP contribution in [0.3, 0.4) is 0 Å². The van der Waals surface area contributed by atoms with Gasteiger partial charge in [-0.1, -0.05) is 11.8 Å². The van der Waals surface area contributed by atoms with E-state index in [4.69, 9.17) is 0 Å². The molecule has 0 aromatic carbocycles. The van der Waals surface area contributed by atoms with Gasteiger partial charge in [-0.3, -0.25) is 14.5 Å². The lowest BCUT2D eigenvalue weighted by Crippen LogP contribution is -2.26. The monoisotopic (exact) mass is 318 g/mol. The highest BCUT2D eigenvalue weighted by Crippen LogP contribution is 2.31. The van der Waals surface area contributed by atoms with E-state index in [1.807, 2.05) is 0 Å². The van der Waals surface area contributed by atoms with Crippen molar-refractivity contribution in [3.63, 3.8) is 0 Å². The maximum absolute atomic E-state index is 12.5. The van der Waals surface area contributed by atoms with Crippen LogP contribution in [0.4, 0.5) is 19.0 Å². The number of aromatic nitrogens is 1. The summed E-state index contributed by atoms with van der Waals surface area (Å²) in [5.41, 5.74) is -0.846. The Kier molecular flexibility index (Phi) is 4.55. The standard InChI is InChI=1S/C13H13F3N2O2S/c1-8(19)21-7-9-4-12(20)18(6-9)11-3-2-10(5-17-11)13(14,15)16/h2-3,5,9H,4,6-7H2,1H3. The summed E-state index contributed by atoms with van der Waals surface area (Å²) in [4.78, 5) is 27.9. The lowest BCUT2D eigenvalue weighted by molar-refractivity contribution is -0.137. The van der Waals surface area contributed by atoms with Crippen LogP contribution in [-0.4, -0.2) is 28.3 Å². The number of anilines is 1. The third-order valence-electron chi connectivity index (χ3n) is 3.08. The van der Waals surface area contributed by atoms with Crippen LogP contribution in [-0.2, 0) is 15.8 Å². The van der Waals surface area contributed by atoms with Gasteiger partial charge in [-0.2, -0.15) is 13.2 Å². The van der Waals surface area contributed by atoms with Crippen LogP contribution in [0.15, 0.2) is 18.3 Å². The van der Waals surface area contributed by atoms with Crippen molar-refractivity contribution in [3.8, 4) is 0 Å². The summed E-state index contributed by atoms with van der Waals surface area (Å²) < 4.78 is 37.4. The van der Waals surface area contributed by atoms with Crippen LogP contribution >= 0.6 is 11.8 Å². The molecule has 1 unspecified atom stereocenters. The Bertz CT molecular complexity index is 545. The highest BCUT2D eigenvalue weighted by Gasteiger charge is 2.33. The summed E-state index contributed by atoms with van der Waals surface area (Å²) in [5.74, 6) is 0.563. The van der Waals surface area contributed by atoms with E-state index in [9.17, 15) is 22.8 Å². The van der Waals surface area contributed by atoms with E-state index >= 15 is 0 Å². The quantitative estimate of drug-likeness (QED) is 0.860. The molecular weight excluding hydrogens is 305 g/mol. The molecule has 0 N–H and O–H groups in total. The van der Waals surface area contributed by atoms with Gasteiger partial charge in [0, 0.05) is 31.8 Å². The van der Waals surface area contributed by atoms with Gasteiger partial charge in [-0.25, -0.2) is 4.98 Å². The Labute approximate surface area is 123 Å². The predicted octanol–water partition coefficient (Wildman–Crippen LogP) is 2.73. The van der Waals surface area contributed by atoms with Gasteiger partial charge >= 0.3 is 6.18 Å². The normalized spacial score (nSPS) is 19.1. The van der Waals surface area contributed by atoms with E-state index in [1.165, 1.54) is 17.9 Å². The fourth-order valence-electron chi connectivity index (χ4n) is 2.06. The highest BCUT2D eigenvalue weighted by atomic mass is 32.2. The minimum atomic E-state index is -4.44. The molecule has 0 aliphatic carbocycles. The second kappa shape index (κ2) is 6.05. The molecular formula is C13H13F3N2O2S. The number of rotatable bonds is 3. The first-order valence-corrected chi connectivity index (χ1v) is 7.23. The largest absolute Gasteiger partial charge is 0.417 e. The number of halogens is 3. The fraction of sp³-hybridized carbons (Fsp3) is 0.462. The molecule has 1 atom stereocenters. The van der Waals surface area contributed by atoms with Crippen molar-refractivity contribution in [1.29, 1.82) is 0 Å². The van der Waals surface area contributed by atoms with Gasteiger partial charge in [-0.15, -0.1) is 0 Å². The maximum Gasteiger partial charge on any atom is 0.417 e. The van der Waals surface area contributed by atoms with Crippen molar-refractivity contribution in [2.75, 3.05) is 17.2 Å². The number of thioether (sulfide) groups is 1. The average Bonchev–Trinajstić information content (AvgIpc) is 2.77. The smallest absolute Gasteiger partial charge is 0.297 e. The lowest BCUT2D eigenvalue weighted by atomic mass is 10.1. The zero-order chi connectivity index (χ0) is 15.6. The van der Waals surface area contributed by atoms with Gasteiger partial charge in [0.25, 0.3) is 0 Å². The molecule has 114 valence electrons. The van der Waals surface area contributed by atoms with Gasteiger partial charge < -0.3 is 0 Å². The summed E-state index contributed by atoms with van der Waals surface area (Å²) in [6, 6.07) is 2.11. The number of nitrogens with zero attached hydrogens (tertiary/aromatic N) is 2. The minimum Gasteiger partial charge on any atom is -0.297 e. The molecule has 1 aromatic rings. The average molecular weight is 318 g/mol. The van der Waals surface area contributed by atoms with Crippen molar-refractivity contribution in [2.45, 2.75) is 19.5 Å². The van der Waals surface area contributed by atoms with Crippen molar-refractivity contribution in [2.24, 2.45) is 5.92 Å². The summed E-state index contributed by atoms with van der Waals surface area (Å²) in [7, 11) is 0. The molecule has 21 heavy (non-hydrogen) atoms. The topological polar surface area (TPSA) is 50.3 Å². The molecule has 0 radical (unpaired) electrons. The Balaban J connectivity index is 2.05. The minimum absolute atomic E-state index is 0.00972.